The van der Waals surface area contributed by atoms with Crippen molar-refractivity contribution in [1.29, 1.82) is 0 Å². The van der Waals surface area contributed by atoms with E-state index in [1.807, 2.05) is 30.3 Å². The van der Waals surface area contributed by atoms with Gasteiger partial charge in [0.15, 0.2) is 0 Å². The van der Waals surface area contributed by atoms with Gasteiger partial charge in [0, 0.05) is 0 Å². The van der Waals surface area contributed by atoms with Crippen molar-refractivity contribution < 1.29 is 13.4 Å². The lowest BCUT2D eigenvalue weighted by molar-refractivity contribution is 0.102. The molecule has 1 atom stereocenters. The largest absolute Gasteiger partial charge is 0.442 e. The van der Waals surface area contributed by atoms with E-state index < -0.39 is 16.9 Å². The fourth-order valence-corrected chi connectivity index (χ4v) is 3.43. The number of nitrogens with zero attached hydrogens (tertiary/aromatic N) is 3. The maximum absolute atomic E-state index is 13.1. The molecule has 0 bridgehead atoms. The lowest BCUT2D eigenvalue weighted by Gasteiger charge is -2.07. The van der Waals surface area contributed by atoms with Crippen LogP contribution in [0.15, 0.2) is 69.2 Å². The van der Waals surface area contributed by atoms with E-state index in [4.69, 9.17) is 9.56 Å². The number of amides is 1. The Morgan fingerprint density at radius 2 is 1.97 bits per heavy atom. The van der Waals surface area contributed by atoms with Crippen molar-refractivity contribution in [2.24, 2.45) is 5.14 Å². The first-order valence-corrected chi connectivity index (χ1v) is 10.1. The highest BCUT2D eigenvalue weighted by atomic mass is 32.2. The van der Waals surface area contributed by atoms with Gasteiger partial charge in [-0.25, -0.2) is 19.3 Å². The van der Waals surface area contributed by atoms with Crippen LogP contribution in [0.1, 0.15) is 21.7 Å². The van der Waals surface area contributed by atoms with Gasteiger partial charge in [-0.15, -0.1) is 0 Å². The second-order valence-corrected chi connectivity index (χ2v) is 7.53. The van der Waals surface area contributed by atoms with Gasteiger partial charge in [-0.1, -0.05) is 30.3 Å². The number of hydrogen-bond acceptors (Lipinski definition) is 6. The lowest BCUT2D eigenvalue weighted by atomic mass is 10.1. The van der Waals surface area contributed by atoms with Gasteiger partial charge in [-0.05, 0) is 24.6 Å². The van der Waals surface area contributed by atoms with Crippen LogP contribution in [-0.2, 0) is 17.5 Å². The summed E-state index contributed by atoms with van der Waals surface area (Å²) in [5.74, 6) is -0.261. The molecule has 10 heteroatoms. The van der Waals surface area contributed by atoms with Crippen LogP contribution in [0, 0.1) is 6.92 Å². The molecule has 1 unspecified atom stereocenters. The summed E-state index contributed by atoms with van der Waals surface area (Å²) >= 11 is 0. The quantitative estimate of drug-likeness (QED) is 0.504. The molecule has 3 aromatic heterocycles. The number of pyridine rings is 1. The third-order valence-corrected chi connectivity index (χ3v) is 5.13. The Bertz CT molecular complexity index is 1310. The molecule has 0 aliphatic carbocycles. The molecule has 1 aromatic carbocycles. The van der Waals surface area contributed by atoms with Crippen molar-refractivity contribution in [2.45, 2.75) is 18.5 Å². The van der Waals surface area contributed by atoms with Crippen LogP contribution in [0.25, 0.3) is 11.1 Å². The first kappa shape index (κ1) is 19.7. The molecular weight excluding hydrogens is 406 g/mol. The topological polar surface area (TPSA) is 133 Å². The number of aromatic nitrogens is 3. The van der Waals surface area contributed by atoms with Crippen molar-refractivity contribution in [3.63, 3.8) is 0 Å². The van der Waals surface area contributed by atoms with Crippen LogP contribution < -0.4 is 16.0 Å². The molecule has 30 heavy (non-hydrogen) atoms. The summed E-state index contributed by atoms with van der Waals surface area (Å²) in [7, 11) is -1.72. The van der Waals surface area contributed by atoms with Crippen molar-refractivity contribution >= 4 is 33.7 Å². The van der Waals surface area contributed by atoms with Crippen LogP contribution in [0.2, 0.25) is 0 Å². The van der Waals surface area contributed by atoms with Crippen molar-refractivity contribution in [3.05, 3.63) is 82.2 Å². The second-order valence-electron chi connectivity index (χ2n) is 6.51. The van der Waals surface area contributed by atoms with E-state index >= 15 is 0 Å². The van der Waals surface area contributed by atoms with E-state index in [0.717, 1.165) is 5.56 Å². The molecule has 1 amide bonds. The number of benzene rings is 1. The second kappa shape index (κ2) is 8.01. The molecule has 0 aliphatic rings. The smallest absolute Gasteiger partial charge is 0.265 e. The highest BCUT2D eigenvalue weighted by molar-refractivity contribution is 7.82. The minimum Gasteiger partial charge on any atom is -0.442 e. The predicted molar refractivity (Wildman–Crippen MR) is 111 cm³/mol. The molecule has 0 saturated heterocycles. The molecule has 3 heterocycles. The zero-order valence-corrected chi connectivity index (χ0v) is 16.7. The number of furan rings is 1. The van der Waals surface area contributed by atoms with E-state index in [1.54, 1.807) is 6.92 Å². The SMILES string of the molecule is Cc1oc2ncn(Cc3ccccc3)c(=O)c2c1C(=O)Nc1ccc(S(N)=O)nc1. The number of carbonyl (C=O) groups excluding carboxylic acids is 1. The number of aryl methyl sites for hydroxylation is 1. The van der Waals surface area contributed by atoms with Gasteiger partial charge < -0.3 is 9.73 Å². The first-order valence-electron chi connectivity index (χ1n) is 8.90. The Labute approximate surface area is 173 Å². The summed E-state index contributed by atoms with van der Waals surface area (Å²) in [5.41, 5.74) is 1.11. The van der Waals surface area contributed by atoms with Crippen molar-refractivity contribution in [1.82, 2.24) is 14.5 Å². The minimum absolute atomic E-state index is 0.0963. The average Bonchev–Trinajstić information content (AvgIpc) is 3.08. The molecule has 9 nitrogen and oxygen atoms in total. The fraction of sp³-hybridized carbons (Fsp3) is 0.100. The van der Waals surface area contributed by atoms with Crippen molar-refractivity contribution in [3.8, 4) is 0 Å². The molecule has 4 aromatic rings. The molecular formula is C20H17N5O4S. The predicted octanol–water partition coefficient (Wildman–Crippen LogP) is 1.97. The number of anilines is 1. The summed E-state index contributed by atoms with van der Waals surface area (Å²) in [5, 5.41) is 8.23. The number of hydrogen-bond donors (Lipinski definition) is 2. The molecule has 4 rings (SSSR count). The standard InChI is InChI=1S/C20H17N5O4S/c1-12-16(18(26)24-14-7-8-15(22-9-14)30(21)28)17-19(29-12)23-11-25(20(17)27)10-13-5-3-2-4-6-13/h2-9,11H,10,21H2,1H3,(H,24,26). The summed E-state index contributed by atoms with van der Waals surface area (Å²) in [6, 6.07) is 12.4. The van der Waals surface area contributed by atoms with E-state index in [9.17, 15) is 13.8 Å². The summed E-state index contributed by atoms with van der Waals surface area (Å²) in [6.07, 6.45) is 2.74. The Kier molecular flexibility index (Phi) is 5.25. The number of rotatable bonds is 5. The van der Waals surface area contributed by atoms with Gasteiger partial charge in [0.05, 0.1) is 24.0 Å². The van der Waals surface area contributed by atoms with E-state index in [1.165, 1.54) is 29.2 Å². The van der Waals surface area contributed by atoms with E-state index in [2.05, 4.69) is 15.3 Å². The molecule has 0 saturated carbocycles. The van der Waals surface area contributed by atoms with Crippen LogP contribution in [0.3, 0.4) is 0 Å². The Morgan fingerprint density at radius 3 is 2.63 bits per heavy atom. The third-order valence-electron chi connectivity index (χ3n) is 4.48. The summed E-state index contributed by atoms with van der Waals surface area (Å²) < 4.78 is 18.2. The molecule has 0 radical (unpaired) electrons. The van der Waals surface area contributed by atoms with Gasteiger partial charge in [0.1, 0.15) is 33.5 Å². The maximum atomic E-state index is 13.1. The number of nitrogens with one attached hydrogen (secondary N) is 1. The average molecular weight is 423 g/mol. The van der Waals surface area contributed by atoms with Crippen LogP contribution in [0.5, 0.6) is 0 Å². The fourth-order valence-electron chi connectivity index (χ4n) is 3.07. The van der Waals surface area contributed by atoms with Gasteiger partial charge in [-0.2, -0.15) is 0 Å². The van der Waals surface area contributed by atoms with E-state index in [-0.39, 0.29) is 33.0 Å². The maximum Gasteiger partial charge on any atom is 0.265 e. The highest BCUT2D eigenvalue weighted by Crippen LogP contribution is 2.22. The Balaban J connectivity index is 1.70. The van der Waals surface area contributed by atoms with Gasteiger partial charge in [-0.3, -0.25) is 14.2 Å². The molecule has 0 fully saturated rings. The van der Waals surface area contributed by atoms with Crippen LogP contribution >= 0.6 is 0 Å². The normalized spacial score (nSPS) is 12.1. The number of carbonyl (C=O) groups is 1. The molecule has 0 aliphatic heterocycles. The van der Waals surface area contributed by atoms with Crippen LogP contribution in [-0.4, -0.2) is 24.7 Å². The molecule has 152 valence electrons. The molecule has 0 spiro atoms. The van der Waals surface area contributed by atoms with Gasteiger partial charge in [0.25, 0.3) is 11.5 Å². The lowest BCUT2D eigenvalue weighted by Crippen LogP contribution is -2.23. The first-order chi connectivity index (χ1) is 14.4. The zero-order chi connectivity index (χ0) is 21.3. The number of nitrogens with two attached hydrogens (primary N) is 1. The van der Waals surface area contributed by atoms with E-state index in [0.29, 0.717) is 12.2 Å². The highest BCUT2D eigenvalue weighted by Gasteiger charge is 2.23. The van der Waals surface area contributed by atoms with Crippen molar-refractivity contribution in [2.75, 3.05) is 5.32 Å². The van der Waals surface area contributed by atoms with Gasteiger partial charge in [0.2, 0.25) is 5.71 Å². The monoisotopic (exact) mass is 423 g/mol. The summed E-state index contributed by atoms with van der Waals surface area (Å²) in [4.78, 5) is 34.1. The summed E-state index contributed by atoms with van der Waals surface area (Å²) in [6.45, 7) is 1.91. The minimum atomic E-state index is -1.72. The van der Waals surface area contributed by atoms with Gasteiger partial charge >= 0.3 is 0 Å². The Morgan fingerprint density at radius 1 is 1.20 bits per heavy atom. The third kappa shape index (κ3) is 3.78. The zero-order valence-electron chi connectivity index (χ0n) is 15.9. The van der Waals surface area contributed by atoms with Crippen LogP contribution in [0.4, 0.5) is 5.69 Å². The Hall–Kier alpha value is -3.63. The number of fused-ring (bicyclic) bond motifs is 1. The molecule has 3 N–H and O–H groups in total.